The normalized spacial score (nSPS) is 18.2. The van der Waals surface area contributed by atoms with Crippen molar-refractivity contribution < 1.29 is 4.79 Å². The predicted octanol–water partition coefficient (Wildman–Crippen LogP) is 3.24. The van der Waals surface area contributed by atoms with Gasteiger partial charge in [-0.15, -0.1) is 0 Å². The van der Waals surface area contributed by atoms with E-state index in [1.807, 2.05) is 24.0 Å². The number of nitrogens with zero attached hydrogens (tertiary/aromatic N) is 1. The van der Waals surface area contributed by atoms with E-state index in [2.05, 4.69) is 16.4 Å². The van der Waals surface area contributed by atoms with Crippen molar-refractivity contribution in [3.8, 4) is 0 Å². The van der Waals surface area contributed by atoms with E-state index in [0.717, 1.165) is 47.8 Å². The number of H-pyrrole nitrogens is 1. The van der Waals surface area contributed by atoms with Crippen LogP contribution in [0, 0.1) is 6.92 Å². The van der Waals surface area contributed by atoms with Crippen LogP contribution in [-0.2, 0) is 13.0 Å². The highest BCUT2D eigenvalue weighted by atomic mass is 16.2. The monoisotopic (exact) mass is 339 g/mol. The lowest BCUT2D eigenvalue weighted by Gasteiger charge is -2.32. The quantitative estimate of drug-likeness (QED) is 0.838. The third-order valence-corrected chi connectivity index (χ3v) is 5.58. The zero-order valence-electron chi connectivity index (χ0n) is 14.7. The first-order chi connectivity index (χ1) is 12.1. The number of carbonyl (C=O) groups excluding carboxylic acids is 1. The van der Waals surface area contributed by atoms with Crippen LogP contribution in [0.1, 0.15) is 48.8 Å². The van der Waals surface area contributed by atoms with Gasteiger partial charge in [0.2, 0.25) is 0 Å². The fourth-order valence-corrected chi connectivity index (χ4v) is 4.06. The number of hydrogen-bond donors (Lipinski definition) is 2. The Balaban J connectivity index is 1.53. The van der Waals surface area contributed by atoms with Crippen molar-refractivity contribution >= 4 is 16.9 Å². The summed E-state index contributed by atoms with van der Waals surface area (Å²) in [6, 6.07) is 6.51. The fourth-order valence-electron chi connectivity index (χ4n) is 4.06. The minimum absolute atomic E-state index is 0.0462. The van der Waals surface area contributed by atoms with Gasteiger partial charge in [0.1, 0.15) is 0 Å². The zero-order chi connectivity index (χ0) is 17.4. The third kappa shape index (κ3) is 3.28. The molecular formula is C20H25N3O2. The van der Waals surface area contributed by atoms with E-state index in [1.54, 1.807) is 0 Å². The number of carbonyl (C=O) groups is 1. The largest absolute Gasteiger partial charge is 0.335 e. The van der Waals surface area contributed by atoms with Crippen molar-refractivity contribution in [2.45, 2.75) is 58.0 Å². The average molecular weight is 339 g/mol. The Morgan fingerprint density at radius 1 is 1.16 bits per heavy atom. The highest BCUT2D eigenvalue weighted by Gasteiger charge is 2.24. The smallest absolute Gasteiger partial charge is 0.317 e. The number of fused-ring (bicyclic) bond motifs is 2. The molecule has 1 fully saturated rings. The molecule has 0 unspecified atom stereocenters. The molecule has 0 atom stereocenters. The van der Waals surface area contributed by atoms with Crippen molar-refractivity contribution in [3.63, 3.8) is 0 Å². The minimum atomic E-state index is -0.0462. The predicted molar refractivity (Wildman–Crippen MR) is 98.8 cm³/mol. The molecule has 0 bridgehead atoms. The van der Waals surface area contributed by atoms with Crippen LogP contribution < -0.4 is 10.9 Å². The number of aromatic nitrogens is 1. The van der Waals surface area contributed by atoms with Crippen molar-refractivity contribution in [2.75, 3.05) is 6.54 Å². The number of nitrogens with one attached hydrogen (secondary N) is 2. The molecule has 4 rings (SSSR count). The van der Waals surface area contributed by atoms with Crippen LogP contribution in [0.5, 0.6) is 0 Å². The van der Waals surface area contributed by atoms with E-state index in [1.165, 1.54) is 24.8 Å². The lowest BCUT2D eigenvalue weighted by Crippen LogP contribution is -2.47. The zero-order valence-corrected chi connectivity index (χ0v) is 14.7. The van der Waals surface area contributed by atoms with Gasteiger partial charge in [-0.05, 0) is 60.9 Å². The molecule has 1 aromatic carbocycles. The number of hydrogen-bond acceptors (Lipinski definition) is 2. The number of amides is 2. The summed E-state index contributed by atoms with van der Waals surface area (Å²) in [5, 5.41) is 4.27. The van der Waals surface area contributed by atoms with Gasteiger partial charge in [0.25, 0.3) is 5.56 Å². The van der Waals surface area contributed by atoms with Crippen molar-refractivity contribution in [3.05, 3.63) is 45.2 Å². The average Bonchev–Trinajstić information content (AvgIpc) is 2.61. The molecule has 0 radical (unpaired) electrons. The lowest BCUT2D eigenvalue weighted by molar-refractivity contribution is 0.184. The van der Waals surface area contributed by atoms with Gasteiger partial charge >= 0.3 is 6.03 Å². The number of urea groups is 1. The maximum atomic E-state index is 12.6. The van der Waals surface area contributed by atoms with Crippen LogP contribution in [0.4, 0.5) is 4.79 Å². The van der Waals surface area contributed by atoms with Crippen molar-refractivity contribution in [1.82, 2.24) is 15.2 Å². The van der Waals surface area contributed by atoms with E-state index in [9.17, 15) is 9.59 Å². The molecule has 132 valence electrons. The summed E-state index contributed by atoms with van der Waals surface area (Å²) >= 11 is 0. The van der Waals surface area contributed by atoms with Crippen LogP contribution in [0.25, 0.3) is 10.9 Å². The van der Waals surface area contributed by atoms with Crippen LogP contribution >= 0.6 is 0 Å². The second kappa shape index (κ2) is 6.54. The molecule has 2 N–H and O–H groups in total. The van der Waals surface area contributed by atoms with Gasteiger partial charge in [-0.3, -0.25) is 4.79 Å². The summed E-state index contributed by atoms with van der Waals surface area (Å²) in [5.74, 6) is 0. The molecule has 25 heavy (non-hydrogen) atoms. The molecular weight excluding hydrogens is 314 g/mol. The van der Waals surface area contributed by atoms with Crippen LogP contribution in [-0.4, -0.2) is 28.5 Å². The van der Waals surface area contributed by atoms with Crippen LogP contribution in [0.15, 0.2) is 23.0 Å². The number of rotatable bonds is 1. The molecule has 0 saturated heterocycles. The number of pyridine rings is 1. The summed E-state index contributed by atoms with van der Waals surface area (Å²) in [6.07, 6.45) is 6.78. The Morgan fingerprint density at radius 2 is 1.96 bits per heavy atom. The minimum Gasteiger partial charge on any atom is -0.335 e. The summed E-state index contributed by atoms with van der Waals surface area (Å²) in [5.41, 5.74) is 3.95. The second-order valence-corrected chi connectivity index (χ2v) is 7.45. The molecule has 5 heteroatoms. The Morgan fingerprint density at radius 3 is 2.76 bits per heavy atom. The number of benzene rings is 1. The molecule has 0 spiro atoms. The first kappa shape index (κ1) is 16.2. The van der Waals surface area contributed by atoms with Crippen molar-refractivity contribution in [1.29, 1.82) is 0 Å². The first-order valence-electron chi connectivity index (χ1n) is 9.31. The molecule has 1 aliphatic heterocycles. The summed E-state index contributed by atoms with van der Waals surface area (Å²) in [4.78, 5) is 29.3. The van der Waals surface area contributed by atoms with Gasteiger partial charge in [-0.25, -0.2) is 4.79 Å². The maximum Gasteiger partial charge on any atom is 0.317 e. The van der Waals surface area contributed by atoms with E-state index < -0.39 is 0 Å². The summed E-state index contributed by atoms with van der Waals surface area (Å²) in [7, 11) is 0. The highest BCUT2D eigenvalue weighted by Crippen LogP contribution is 2.25. The van der Waals surface area contributed by atoms with Gasteiger partial charge in [0.05, 0.1) is 0 Å². The molecule has 5 nitrogen and oxygen atoms in total. The summed E-state index contributed by atoms with van der Waals surface area (Å²) in [6.45, 7) is 3.19. The first-order valence-corrected chi connectivity index (χ1v) is 9.31. The second-order valence-electron chi connectivity index (χ2n) is 7.45. The van der Waals surface area contributed by atoms with Crippen molar-refractivity contribution in [2.24, 2.45) is 0 Å². The van der Waals surface area contributed by atoms with Gasteiger partial charge < -0.3 is 15.2 Å². The van der Waals surface area contributed by atoms with E-state index in [-0.39, 0.29) is 11.6 Å². The topological polar surface area (TPSA) is 65.2 Å². The molecule has 2 aromatic rings. The molecule has 2 heterocycles. The van der Waals surface area contributed by atoms with Gasteiger partial charge in [0.15, 0.2) is 0 Å². The van der Waals surface area contributed by atoms with Crippen LogP contribution in [0.2, 0.25) is 0 Å². The fraction of sp³-hybridized carbons (Fsp3) is 0.500. The molecule has 2 amide bonds. The Bertz CT molecular complexity index is 865. The van der Waals surface area contributed by atoms with Gasteiger partial charge in [-0.2, -0.15) is 0 Å². The molecule has 1 aromatic heterocycles. The SMILES string of the molecule is Cc1cc2cc3c(cc2[nH]c1=O)CN(C(=O)NC1CCCCC1)CC3. The molecule has 1 aliphatic carbocycles. The highest BCUT2D eigenvalue weighted by molar-refractivity contribution is 5.81. The Kier molecular flexibility index (Phi) is 4.24. The van der Waals surface area contributed by atoms with E-state index in [4.69, 9.17) is 0 Å². The number of aryl methyl sites for hydroxylation is 1. The molecule has 1 saturated carbocycles. The maximum absolute atomic E-state index is 12.6. The Hall–Kier alpha value is -2.30. The Labute approximate surface area is 147 Å². The van der Waals surface area contributed by atoms with E-state index in [0.29, 0.717) is 12.6 Å². The summed E-state index contributed by atoms with van der Waals surface area (Å²) < 4.78 is 0. The lowest BCUT2D eigenvalue weighted by atomic mass is 9.95. The standard InChI is InChI=1S/C20H25N3O2/c1-13-9-15-10-14-7-8-23(12-16(14)11-18(15)22-19(13)24)20(25)21-17-5-3-2-4-6-17/h9-11,17H,2-8,12H2,1H3,(H,21,25)(H,22,24). The van der Waals surface area contributed by atoms with Gasteiger partial charge in [-0.1, -0.05) is 19.3 Å². The number of aromatic amines is 1. The van der Waals surface area contributed by atoms with Gasteiger partial charge in [0, 0.05) is 30.2 Å². The third-order valence-electron chi connectivity index (χ3n) is 5.58. The van der Waals surface area contributed by atoms with Crippen LogP contribution in [0.3, 0.4) is 0 Å². The van der Waals surface area contributed by atoms with E-state index >= 15 is 0 Å². The molecule has 2 aliphatic rings.